The molecule has 0 spiro atoms. The van der Waals surface area contributed by atoms with Gasteiger partial charge in [0.25, 0.3) is 0 Å². The summed E-state index contributed by atoms with van der Waals surface area (Å²) < 4.78 is 5.55. The van der Waals surface area contributed by atoms with E-state index in [0.29, 0.717) is 6.61 Å². The molecule has 4 nitrogen and oxygen atoms in total. The van der Waals surface area contributed by atoms with E-state index in [2.05, 4.69) is 55.5 Å². The zero-order chi connectivity index (χ0) is 15.2. The normalized spacial score (nSPS) is 11.6. The van der Waals surface area contributed by atoms with Gasteiger partial charge in [-0.2, -0.15) is 0 Å². The lowest BCUT2D eigenvalue weighted by Gasteiger charge is -2.23. The topological polar surface area (TPSA) is 45.6 Å². The first kappa shape index (κ1) is 20.0. The van der Waals surface area contributed by atoms with Crippen LogP contribution in [-0.2, 0) is 6.54 Å². The van der Waals surface area contributed by atoms with Gasteiger partial charge in [0.05, 0.1) is 6.61 Å². The van der Waals surface area contributed by atoms with Gasteiger partial charge < -0.3 is 15.4 Å². The second-order valence-electron chi connectivity index (χ2n) is 5.83. The first-order chi connectivity index (χ1) is 9.35. The number of aryl methyl sites for hydroxylation is 1. The molecule has 0 aliphatic heterocycles. The van der Waals surface area contributed by atoms with Crippen molar-refractivity contribution in [3.05, 3.63) is 29.3 Å². The van der Waals surface area contributed by atoms with Crippen LogP contribution in [0.25, 0.3) is 0 Å². The SMILES string of the molecule is CCOc1ccc(CNC(=NC)NC(C)(C)C)cc1C.I. The Morgan fingerprint density at radius 2 is 1.95 bits per heavy atom. The average Bonchev–Trinajstić information content (AvgIpc) is 2.36. The zero-order valence-electron chi connectivity index (χ0n) is 13.9. The Balaban J connectivity index is 0.00000400. The highest BCUT2D eigenvalue weighted by atomic mass is 127. The number of halogens is 1. The fourth-order valence-electron chi connectivity index (χ4n) is 1.86. The summed E-state index contributed by atoms with van der Waals surface area (Å²) in [5.74, 6) is 1.76. The minimum atomic E-state index is -0.00339. The lowest BCUT2D eigenvalue weighted by Crippen LogP contribution is -2.47. The van der Waals surface area contributed by atoms with Crippen LogP contribution >= 0.6 is 24.0 Å². The molecule has 5 heteroatoms. The monoisotopic (exact) mass is 405 g/mol. The summed E-state index contributed by atoms with van der Waals surface area (Å²) in [5, 5.41) is 6.66. The number of hydrogen-bond donors (Lipinski definition) is 2. The predicted molar refractivity (Wildman–Crippen MR) is 101 cm³/mol. The van der Waals surface area contributed by atoms with Crippen LogP contribution in [-0.4, -0.2) is 25.2 Å². The maximum Gasteiger partial charge on any atom is 0.191 e. The molecular weight excluding hydrogens is 377 g/mol. The molecule has 0 unspecified atom stereocenters. The fraction of sp³-hybridized carbons (Fsp3) is 0.562. The molecule has 1 aromatic rings. The molecule has 2 N–H and O–H groups in total. The van der Waals surface area contributed by atoms with Crippen molar-refractivity contribution < 1.29 is 4.74 Å². The van der Waals surface area contributed by atoms with Crippen LogP contribution in [0.15, 0.2) is 23.2 Å². The lowest BCUT2D eigenvalue weighted by atomic mass is 10.1. The van der Waals surface area contributed by atoms with Gasteiger partial charge in [-0.15, -0.1) is 24.0 Å². The smallest absolute Gasteiger partial charge is 0.191 e. The predicted octanol–water partition coefficient (Wildman–Crippen LogP) is 3.48. The quantitative estimate of drug-likeness (QED) is 0.458. The largest absolute Gasteiger partial charge is 0.494 e. The van der Waals surface area contributed by atoms with Gasteiger partial charge in [-0.05, 0) is 51.8 Å². The molecule has 21 heavy (non-hydrogen) atoms. The Morgan fingerprint density at radius 1 is 1.29 bits per heavy atom. The van der Waals surface area contributed by atoms with E-state index in [0.717, 1.165) is 23.8 Å². The third kappa shape index (κ3) is 7.55. The molecule has 0 fully saturated rings. The number of nitrogens with one attached hydrogen (secondary N) is 2. The molecule has 120 valence electrons. The van der Waals surface area contributed by atoms with Crippen LogP contribution < -0.4 is 15.4 Å². The van der Waals surface area contributed by atoms with Crippen molar-refractivity contribution in [1.82, 2.24) is 10.6 Å². The molecule has 0 aliphatic carbocycles. The summed E-state index contributed by atoms with van der Waals surface area (Å²) in [7, 11) is 1.78. The number of nitrogens with zero attached hydrogens (tertiary/aromatic N) is 1. The Kier molecular flexibility index (Phi) is 8.70. The second kappa shape index (κ2) is 9.12. The molecule has 0 radical (unpaired) electrons. The van der Waals surface area contributed by atoms with Gasteiger partial charge >= 0.3 is 0 Å². The van der Waals surface area contributed by atoms with E-state index in [1.807, 2.05) is 13.0 Å². The van der Waals surface area contributed by atoms with E-state index < -0.39 is 0 Å². The molecule has 0 aliphatic rings. The summed E-state index contributed by atoms with van der Waals surface area (Å²) >= 11 is 0. The third-order valence-corrected chi connectivity index (χ3v) is 2.72. The maximum absolute atomic E-state index is 5.55. The van der Waals surface area contributed by atoms with Crippen LogP contribution in [0.1, 0.15) is 38.8 Å². The van der Waals surface area contributed by atoms with Crippen LogP contribution in [0.3, 0.4) is 0 Å². The highest BCUT2D eigenvalue weighted by Crippen LogP contribution is 2.18. The first-order valence-electron chi connectivity index (χ1n) is 7.07. The number of guanidine groups is 1. The third-order valence-electron chi connectivity index (χ3n) is 2.72. The molecule has 1 aromatic carbocycles. The van der Waals surface area contributed by atoms with Gasteiger partial charge in [-0.25, -0.2) is 0 Å². The van der Waals surface area contributed by atoms with E-state index in [4.69, 9.17) is 4.74 Å². The Bertz CT molecular complexity index is 467. The van der Waals surface area contributed by atoms with Crippen molar-refractivity contribution in [2.45, 2.75) is 46.7 Å². The molecular formula is C16H28IN3O. The first-order valence-corrected chi connectivity index (χ1v) is 7.07. The van der Waals surface area contributed by atoms with Crippen molar-refractivity contribution in [2.75, 3.05) is 13.7 Å². The molecule has 0 heterocycles. The number of hydrogen-bond acceptors (Lipinski definition) is 2. The Morgan fingerprint density at radius 3 is 2.43 bits per heavy atom. The zero-order valence-corrected chi connectivity index (χ0v) is 16.2. The van der Waals surface area contributed by atoms with Gasteiger partial charge in [0.2, 0.25) is 0 Å². The second-order valence-corrected chi connectivity index (χ2v) is 5.83. The van der Waals surface area contributed by atoms with Crippen molar-refractivity contribution >= 4 is 29.9 Å². The maximum atomic E-state index is 5.55. The average molecular weight is 405 g/mol. The molecule has 0 bridgehead atoms. The standard InChI is InChI=1S/C16H27N3O.HI/c1-7-20-14-9-8-13(10-12(14)2)11-18-15(17-6)19-16(3,4)5;/h8-10H,7,11H2,1-6H3,(H2,17,18,19);1H. The lowest BCUT2D eigenvalue weighted by molar-refractivity contribution is 0.338. The van der Waals surface area contributed by atoms with Crippen molar-refractivity contribution in [2.24, 2.45) is 4.99 Å². The van der Waals surface area contributed by atoms with Crippen molar-refractivity contribution in [3.8, 4) is 5.75 Å². The molecule has 0 amide bonds. The highest BCUT2D eigenvalue weighted by Gasteiger charge is 2.11. The summed E-state index contributed by atoms with van der Waals surface area (Å²) in [4.78, 5) is 4.23. The molecule has 0 saturated carbocycles. The summed E-state index contributed by atoms with van der Waals surface area (Å²) in [6.07, 6.45) is 0. The fourth-order valence-corrected chi connectivity index (χ4v) is 1.86. The van der Waals surface area contributed by atoms with Crippen LogP contribution in [0.5, 0.6) is 5.75 Å². The van der Waals surface area contributed by atoms with E-state index in [1.165, 1.54) is 5.56 Å². The number of ether oxygens (including phenoxy) is 1. The minimum absolute atomic E-state index is 0. The van der Waals surface area contributed by atoms with Crippen molar-refractivity contribution in [3.63, 3.8) is 0 Å². The molecule has 0 aromatic heterocycles. The van der Waals surface area contributed by atoms with E-state index in [9.17, 15) is 0 Å². The van der Waals surface area contributed by atoms with Gasteiger partial charge in [-0.1, -0.05) is 12.1 Å². The number of rotatable bonds is 4. The Labute approximate surface area is 145 Å². The minimum Gasteiger partial charge on any atom is -0.494 e. The van der Waals surface area contributed by atoms with Crippen LogP contribution in [0, 0.1) is 6.92 Å². The summed E-state index contributed by atoms with van der Waals surface area (Å²) in [6, 6.07) is 6.24. The van der Waals surface area contributed by atoms with Gasteiger partial charge in [-0.3, -0.25) is 4.99 Å². The van der Waals surface area contributed by atoms with Gasteiger partial charge in [0.15, 0.2) is 5.96 Å². The highest BCUT2D eigenvalue weighted by molar-refractivity contribution is 14.0. The number of benzene rings is 1. The van der Waals surface area contributed by atoms with Crippen LogP contribution in [0.4, 0.5) is 0 Å². The van der Waals surface area contributed by atoms with E-state index >= 15 is 0 Å². The van der Waals surface area contributed by atoms with Gasteiger partial charge in [0, 0.05) is 19.1 Å². The summed E-state index contributed by atoms with van der Waals surface area (Å²) in [6.45, 7) is 11.8. The van der Waals surface area contributed by atoms with E-state index in [1.54, 1.807) is 7.05 Å². The van der Waals surface area contributed by atoms with Crippen molar-refractivity contribution in [1.29, 1.82) is 0 Å². The van der Waals surface area contributed by atoms with Gasteiger partial charge in [0.1, 0.15) is 5.75 Å². The molecule has 0 atom stereocenters. The summed E-state index contributed by atoms with van der Waals surface area (Å²) in [5.41, 5.74) is 2.36. The number of aliphatic imine (C=N–C) groups is 1. The van der Waals surface area contributed by atoms with E-state index in [-0.39, 0.29) is 29.5 Å². The van der Waals surface area contributed by atoms with Crippen LogP contribution in [0.2, 0.25) is 0 Å². The molecule has 1 rings (SSSR count). The Hall–Kier alpha value is -0.980. The molecule has 0 saturated heterocycles.